The molecule has 3 rings (SSSR count). The average Bonchev–Trinajstić information content (AvgIpc) is 2.99. The van der Waals surface area contributed by atoms with Crippen LogP contribution in [0.2, 0.25) is 0 Å². The fourth-order valence-electron chi connectivity index (χ4n) is 2.23. The Labute approximate surface area is 130 Å². The molecule has 0 aliphatic heterocycles. The molecule has 0 fully saturated rings. The van der Waals surface area contributed by atoms with Crippen molar-refractivity contribution in [3.63, 3.8) is 0 Å². The molecule has 3 aromatic rings. The summed E-state index contributed by atoms with van der Waals surface area (Å²) in [5, 5.41) is 8.93. The van der Waals surface area contributed by atoms with Crippen LogP contribution < -0.4 is 4.74 Å². The molecule has 0 unspecified atom stereocenters. The molecule has 0 saturated heterocycles. The van der Waals surface area contributed by atoms with Crippen LogP contribution in [-0.4, -0.2) is 21.6 Å². The molecule has 4 heteroatoms. The molecule has 0 N–H and O–H groups in total. The minimum atomic E-state index is 0.733. The van der Waals surface area contributed by atoms with Gasteiger partial charge >= 0.3 is 0 Å². The lowest BCUT2D eigenvalue weighted by atomic mass is 10.2. The predicted molar refractivity (Wildman–Crippen MR) is 88.4 cm³/mol. The zero-order valence-corrected chi connectivity index (χ0v) is 12.5. The van der Waals surface area contributed by atoms with E-state index in [0.29, 0.717) is 0 Å². The van der Waals surface area contributed by atoms with Crippen LogP contribution in [0, 0.1) is 0 Å². The van der Waals surface area contributed by atoms with E-state index in [0.717, 1.165) is 48.3 Å². The Morgan fingerprint density at radius 3 is 2.27 bits per heavy atom. The molecule has 0 amide bonds. The normalized spacial score (nSPS) is 10.7. The van der Waals surface area contributed by atoms with Gasteiger partial charge in [0.1, 0.15) is 16.8 Å². The SMILES string of the molecule is C=CCCCCOc1ccc(-n2nc3ccccc3n2)cc1. The summed E-state index contributed by atoms with van der Waals surface area (Å²) in [6, 6.07) is 15.7. The maximum Gasteiger partial charge on any atom is 0.119 e. The second-order valence-corrected chi connectivity index (χ2v) is 5.10. The van der Waals surface area contributed by atoms with E-state index in [4.69, 9.17) is 4.74 Å². The zero-order valence-electron chi connectivity index (χ0n) is 12.5. The predicted octanol–water partition coefficient (Wildman–Crippen LogP) is 4.16. The third-order valence-electron chi connectivity index (χ3n) is 3.43. The summed E-state index contributed by atoms with van der Waals surface area (Å²) in [5.74, 6) is 0.874. The van der Waals surface area contributed by atoms with Crippen LogP contribution >= 0.6 is 0 Å². The second kappa shape index (κ2) is 6.89. The topological polar surface area (TPSA) is 39.9 Å². The Kier molecular flexibility index (Phi) is 4.49. The highest BCUT2D eigenvalue weighted by molar-refractivity contribution is 5.73. The first-order valence-corrected chi connectivity index (χ1v) is 7.53. The van der Waals surface area contributed by atoms with Crippen LogP contribution in [0.15, 0.2) is 61.2 Å². The Hall–Kier alpha value is -2.62. The van der Waals surface area contributed by atoms with Crippen molar-refractivity contribution in [3.05, 3.63) is 61.2 Å². The lowest BCUT2D eigenvalue weighted by Gasteiger charge is -2.06. The molecule has 2 aromatic carbocycles. The number of ether oxygens (including phenoxy) is 1. The van der Waals surface area contributed by atoms with Crippen LogP contribution in [0.5, 0.6) is 5.75 Å². The largest absolute Gasteiger partial charge is 0.494 e. The van der Waals surface area contributed by atoms with Gasteiger partial charge in [-0.05, 0) is 55.7 Å². The van der Waals surface area contributed by atoms with Crippen LogP contribution in [0.4, 0.5) is 0 Å². The summed E-state index contributed by atoms with van der Waals surface area (Å²) in [4.78, 5) is 1.65. The highest BCUT2D eigenvalue weighted by atomic mass is 16.5. The summed E-state index contributed by atoms with van der Waals surface area (Å²) in [6.45, 7) is 4.45. The van der Waals surface area contributed by atoms with Gasteiger partial charge in [-0.15, -0.1) is 16.8 Å². The van der Waals surface area contributed by atoms with Crippen LogP contribution in [-0.2, 0) is 0 Å². The molecule has 1 aromatic heterocycles. The van der Waals surface area contributed by atoms with Gasteiger partial charge in [-0.1, -0.05) is 18.2 Å². The fourth-order valence-corrected chi connectivity index (χ4v) is 2.23. The van der Waals surface area contributed by atoms with Gasteiger partial charge in [0.15, 0.2) is 0 Å². The highest BCUT2D eigenvalue weighted by Gasteiger charge is 2.04. The molecule has 0 aliphatic carbocycles. The minimum absolute atomic E-state index is 0.733. The van der Waals surface area contributed by atoms with Gasteiger partial charge in [0.25, 0.3) is 0 Å². The van der Waals surface area contributed by atoms with Crippen LogP contribution in [0.25, 0.3) is 16.7 Å². The number of fused-ring (bicyclic) bond motifs is 1. The molecular weight excluding hydrogens is 274 g/mol. The van der Waals surface area contributed by atoms with Gasteiger partial charge in [-0.2, -0.15) is 4.80 Å². The van der Waals surface area contributed by atoms with E-state index in [1.807, 2.05) is 54.6 Å². The number of allylic oxidation sites excluding steroid dienone is 1. The number of benzene rings is 2. The summed E-state index contributed by atoms with van der Waals surface area (Å²) >= 11 is 0. The van der Waals surface area contributed by atoms with Crippen molar-refractivity contribution in [1.82, 2.24) is 15.0 Å². The van der Waals surface area contributed by atoms with Crippen LogP contribution in [0.1, 0.15) is 19.3 Å². The Morgan fingerprint density at radius 1 is 0.955 bits per heavy atom. The van der Waals surface area contributed by atoms with Crippen LogP contribution in [0.3, 0.4) is 0 Å². The summed E-state index contributed by atoms with van der Waals surface area (Å²) in [5.41, 5.74) is 2.71. The lowest BCUT2D eigenvalue weighted by molar-refractivity contribution is 0.307. The van der Waals surface area contributed by atoms with Crippen molar-refractivity contribution in [3.8, 4) is 11.4 Å². The zero-order chi connectivity index (χ0) is 15.2. The van der Waals surface area contributed by atoms with E-state index in [1.165, 1.54) is 0 Å². The number of aromatic nitrogens is 3. The highest BCUT2D eigenvalue weighted by Crippen LogP contribution is 2.16. The van der Waals surface area contributed by atoms with E-state index < -0.39 is 0 Å². The number of hydrogen-bond acceptors (Lipinski definition) is 3. The van der Waals surface area contributed by atoms with Gasteiger partial charge in [0.05, 0.1) is 12.3 Å². The number of hydrogen-bond donors (Lipinski definition) is 0. The standard InChI is InChI=1S/C18H19N3O/c1-2-3-4-7-14-22-16-12-10-15(11-13-16)21-19-17-8-5-6-9-18(17)20-21/h2,5-6,8-13H,1,3-4,7,14H2. The first kappa shape index (κ1) is 14.3. The average molecular weight is 293 g/mol. The Balaban J connectivity index is 1.64. The van der Waals surface area contributed by atoms with Crippen molar-refractivity contribution < 1.29 is 4.74 Å². The maximum atomic E-state index is 5.72. The van der Waals surface area contributed by atoms with Gasteiger partial charge in [-0.25, -0.2) is 0 Å². The first-order valence-electron chi connectivity index (χ1n) is 7.53. The van der Waals surface area contributed by atoms with Crippen molar-refractivity contribution in [2.24, 2.45) is 0 Å². The van der Waals surface area contributed by atoms with Gasteiger partial charge in [0, 0.05) is 0 Å². The smallest absolute Gasteiger partial charge is 0.119 e. The molecule has 0 spiro atoms. The quantitative estimate of drug-likeness (QED) is 0.485. The minimum Gasteiger partial charge on any atom is -0.494 e. The number of nitrogens with zero attached hydrogens (tertiary/aromatic N) is 3. The Bertz CT molecular complexity index is 713. The van der Waals surface area contributed by atoms with E-state index in [9.17, 15) is 0 Å². The van der Waals surface area contributed by atoms with Crippen molar-refractivity contribution in [2.45, 2.75) is 19.3 Å². The monoisotopic (exact) mass is 293 g/mol. The van der Waals surface area contributed by atoms with Gasteiger partial charge in [0.2, 0.25) is 0 Å². The molecule has 112 valence electrons. The molecule has 0 bridgehead atoms. The molecule has 0 atom stereocenters. The first-order chi connectivity index (χ1) is 10.9. The third-order valence-corrected chi connectivity index (χ3v) is 3.43. The second-order valence-electron chi connectivity index (χ2n) is 5.10. The molecular formula is C18H19N3O. The number of rotatable bonds is 7. The van der Waals surface area contributed by atoms with E-state index >= 15 is 0 Å². The van der Waals surface area contributed by atoms with E-state index in [-0.39, 0.29) is 0 Å². The lowest BCUT2D eigenvalue weighted by Crippen LogP contribution is -2.00. The summed E-state index contributed by atoms with van der Waals surface area (Å²) in [7, 11) is 0. The van der Waals surface area contributed by atoms with Gasteiger partial charge < -0.3 is 4.74 Å². The molecule has 0 radical (unpaired) electrons. The van der Waals surface area contributed by atoms with Gasteiger partial charge in [-0.3, -0.25) is 0 Å². The van der Waals surface area contributed by atoms with Crippen molar-refractivity contribution in [2.75, 3.05) is 6.61 Å². The van der Waals surface area contributed by atoms with E-state index in [1.54, 1.807) is 4.80 Å². The third kappa shape index (κ3) is 3.34. The summed E-state index contributed by atoms with van der Waals surface area (Å²) in [6.07, 6.45) is 5.14. The fraction of sp³-hybridized carbons (Fsp3) is 0.222. The van der Waals surface area contributed by atoms with Crippen molar-refractivity contribution in [1.29, 1.82) is 0 Å². The molecule has 0 aliphatic rings. The Morgan fingerprint density at radius 2 is 1.64 bits per heavy atom. The molecule has 0 saturated carbocycles. The molecule has 22 heavy (non-hydrogen) atoms. The van der Waals surface area contributed by atoms with Crippen molar-refractivity contribution >= 4 is 11.0 Å². The number of unbranched alkanes of at least 4 members (excludes halogenated alkanes) is 2. The molecule has 4 nitrogen and oxygen atoms in total. The maximum absolute atomic E-state index is 5.72. The molecule has 1 heterocycles. The van der Waals surface area contributed by atoms with E-state index in [2.05, 4.69) is 16.8 Å². The summed E-state index contributed by atoms with van der Waals surface area (Å²) < 4.78 is 5.72.